The predicted molar refractivity (Wildman–Crippen MR) is 499 cm³/mol. The molecule has 0 aliphatic rings. The van der Waals surface area contributed by atoms with Crippen molar-refractivity contribution in [1.29, 1.82) is 21.0 Å². The number of ether oxygens (including phenoxy) is 12. The highest BCUT2D eigenvalue weighted by atomic mass is 16.8. The molecule has 4 aromatic heterocycles. The Kier molecular flexibility index (Phi) is 40.7. The molecule has 0 aliphatic carbocycles. The van der Waals surface area contributed by atoms with Crippen molar-refractivity contribution in [2.45, 2.75) is 246 Å². The molecular weight excluding hydrogens is 1640 g/mol. The smallest absolute Gasteiger partial charge is 0.454 e. The largest absolute Gasteiger partial charge is 0.511 e. The van der Waals surface area contributed by atoms with Gasteiger partial charge in [-0.15, -0.1) is 0 Å². The highest BCUT2D eigenvalue weighted by Crippen LogP contribution is 2.38. The number of rotatable bonds is 31. The summed E-state index contributed by atoms with van der Waals surface area (Å²) in [5.74, 6) is 1.40. The molecule has 4 heterocycles. The molecule has 0 saturated carbocycles. The zero-order valence-electron chi connectivity index (χ0n) is 81.5. The van der Waals surface area contributed by atoms with Gasteiger partial charge < -0.3 is 56.8 Å². The summed E-state index contributed by atoms with van der Waals surface area (Å²) in [5, 5.41) is 57.9. The van der Waals surface area contributed by atoms with Crippen LogP contribution < -0.4 is 0 Å². The van der Waals surface area contributed by atoms with Gasteiger partial charge in [-0.25, -0.2) is 19.2 Å². The maximum Gasteiger partial charge on any atom is 0.511 e. The number of carbonyl (C=O) groups excluding carboxylic acids is 4. The highest BCUT2D eigenvalue weighted by Gasteiger charge is 2.29. The van der Waals surface area contributed by atoms with Gasteiger partial charge in [0.15, 0.2) is 23.0 Å². The maximum atomic E-state index is 11.9. The van der Waals surface area contributed by atoms with E-state index in [1.807, 2.05) is 180 Å². The summed E-state index contributed by atoms with van der Waals surface area (Å²) in [4.78, 5) is 47.4. The lowest BCUT2D eigenvalue weighted by atomic mass is 9.86. The Bertz CT molecular complexity index is 5410. The fourth-order valence-corrected chi connectivity index (χ4v) is 12.9. The van der Waals surface area contributed by atoms with E-state index in [9.17, 15) is 40.2 Å². The number of hydrogen-bond donors (Lipinski definition) is 0. The second kappa shape index (κ2) is 49.3. The zero-order chi connectivity index (χ0) is 96.6. The number of unbranched alkanes of at least 4 members (excludes halogenated alkanes) is 3. The number of nitriles is 4. The van der Waals surface area contributed by atoms with Crippen LogP contribution in [0, 0.1) is 107 Å². The molecule has 8 rings (SSSR count). The standard InChI is InChI=1S/C26H35N3O4.3C25H33N3O4/c1-8-9-10-15-31-25(30)33-17-32-24(23-18(2)19(3)28-29(23)7)22(16-27)20-11-13-21(14-12-20)26(4,5)6;1-16(2)14-30-24(29)32-15-31-23(22-17(3)18(4)27-28(22)8)21(13-26)19-9-11-20(12-10-19)25(5,6)7;1-9-16(2)32-24(29)31-15-30-23(22-17(3)18(4)27-28(22)8)21(14-26)19-10-12-20(13-11-19)25(5,6)7;1-8-9-14-30-24(29)32-16-31-23(22-17(2)18(3)27-28(22)7)21(15-26)19-10-12-20(13-11-19)25(4,5)6/h11-14H,8-10,15,17H2,1-7H3;9-12,16H,14-15H2,1-8H3;10-13,16H,9,15H2,1-8H3;10-13H,8-9,14,16H2,1-7H3/b24-22-;3*23-21-. The second-order valence-electron chi connectivity index (χ2n) is 35.7. The Morgan fingerprint density at radius 1 is 0.333 bits per heavy atom. The molecule has 28 heteroatoms. The number of aryl methyl sites for hydroxylation is 8. The van der Waals surface area contributed by atoms with Gasteiger partial charge in [0, 0.05) is 50.4 Å². The third kappa shape index (κ3) is 31.1. The molecular formula is C101H134N12O16. The van der Waals surface area contributed by atoms with E-state index in [2.05, 4.69) is 135 Å². The Hall–Kier alpha value is -13.1. The summed E-state index contributed by atoms with van der Waals surface area (Å²) in [6.45, 7) is 51.8. The van der Waals surface area contributed by atoms with E-state index in [4.69, 9.17) is 56.8 Å². The maximum absolute atomic E-state index is 11.9. The summed E-state index contributed by atoms with van der Waals surface area (Å²) < 4.78 is 70.6. The molecule has 4 aromatic carbocycles. The van der Waals surface area contributed by atoms with Crippen molar-refractivity contribution >= 4 is 70.0 Å². The molecule has 0 spiro atoms. The predicted octanol–water partition coefficient (Wildman–Crippen LogP) is 22.9. The molecule has 0 amide bonds. The van der Waals surface area contributed by atoms with Crippen molar-refractivity contribution in [2.24, 2.45) is 34.1 Å². The first-order chi connectivity index (χ1) is 60.6. The van der Waals surface area contributed by atoms with E-state index in [-0.39, 0.29) is 67.5 Å². The minimum absolute atomic E-state index is 0.00387. The van der Waals surface area contributed by atoms with E-state index in [1.54, 1.807) is 53.8 Å². The molecule has 0 fully saturated rings. The molecule has 28 nitrogen and oxygen atoms in total. The van der Waals surface area contributed by atoms with Crippen molar-refractivity contribution in [1.82, 2.24) is 39.1 Å². The van der Waals surface area contributed by atoms with Crippen LogP contribution in [0.1, 0.15) is 275 Å². The molecule has 0 aliphatic heterocycles. The lowest BCUT2D eigenvalue weighted by Crippen LogP contribution is -2.17. The topological polar surface area (TPSA) is 345 Å². The molecule has 1 atom stereocenters. The monoisotopic (exact) mass is 1770 g/mol. The molecule has 0 N–H and O–H groups in total. The Labute approximate surface area is 763 Å². The number of hydrogen-bond acceptors (Lipinski definition) is 24. The molecule has 1 unspecified atom stereocenters. The van der Waals surface area contributed by atoms with Crippen molar-refractivity contribution in [2.75, 3.05) is 47.0 Å². The van der Waals surface area contributed by atoms with Crippen LogP contribution in [-0.2, 0) is 107 Å². The van der Waals surface area contributed by atoms with Crippen LogP contribution in [0.3, 0.4) is 0 Å². The van der Waals surface area contributed by atoms with Gasteiger partial charge in [-0.05, 0) is 154 Å². The van der Waals surface area contributed by atoms with Crippen molar-refractivity contribution in [3.63, 3.8) is 0 Å². The third-order valence-electron chi connectivity index (χ3n) is 21.1. The minimum atomic E-state index is -0.816. The number of nitrogens with zero attached hydrogens (tertiary/aromatic N) is 12. The van der Waals surface area contributed by atoms with E-state index >= 15 is 0 Å². The second-order valence-corrected chi connectivity index (χ2v) is 35.7. The summed E-state index contributed by atoms with van der Waals surface area (Å²) in [5.41, 5.74) is 18.2. The lowest BCUT2D eigenvalue weighted by molar-refractivity contribution is -0.0208. The van der Waals surface area contributed by atoms with E-state index in [1.165, 1.54) is 0 Å². The molecule has 694 valence electrons. The van der Waals surface area contributed by atoms with E-state index in [0.29, 0.717) is 110 Å². The van der Waals surface area contributed by atoms with Gasteiger partial charge >= 0.3 is 24.6 Å². The fraction of sp³-hybridized carbons (Fsp3) is 0.485. The van der Waals surface area contributed by atoms with Crippen LogP contribution in [-0.4, -0.2) is 117 Å². The van der Waals surface area contributed by atoms with Gasteiger partial charge in [0.1, 0.15) is 75.4 Å². The van der Waals surface area contributed by atoms with E-state index in [0.717, 1.165) is 99.4 Å². The van der Waals surface area contributed by atoms with Gasteiger partial charge in [-0.2, -0.15) is 41.4 Å². The van der Waals surface area contributed by atoms with Crippen molar-refractivity contribution < 1.29 is 76.0 Å². The Morgan fingerprint density at radius 2 is 0.566 bits per heavy atom. The van der Waals surface area contributed by atoms with Crippen LogP contribution >= 0.6 is 0 Å². The first-order valence-corrected chi connectivity index (χ1v) is 43.4. The lowest BCUT2D eigenvalue weighted by Gasteiger charge is -2.19. The van der Waals surface area contributed by atoms with Crippen LogP contribution in [0.2, 0.25) is 0 Å². The molecule has 0 saturated heterocycles. The number of benzene rings is 4. The number of carbonyl (C=O) groups is 4. The fourth-order valence-electron chi connectivity index (χ4n) is 12.9. The Morgan fingerprint density at radius 3 is 0.767 bits per heavy atom. The van der Waals surface area contributed by atoms with Crippen LogP contribution in [0.15, 0.2) is 97.1 Å². The highest BCUT2D eigenvalue weighted by molar-refractivity contribution is 5.97. The Balaban J connectivity index is 0.000000305. The number of allylic oxidation sites excluding steroid dienone is 4. The number of aromatic nitrogens is 8. The minimum Gasteiger partial charge on any atom is -0.454 e. The van der Waals surface area contributed by atoms with Crippen LogP contribution in [0.4, 0.5) is 19.2 Å². The average molecular weight is 1770 g/mol. The average Bonchev–Trinajstić information content (AvgIpc) is 1.32. The first-order valence-electron chi connectivity index (χ1n) is 43.4. The quantitative estimate of drug-likeness (QED) is 0.00972. The summed E-state index contributed by atoms with van der Waals surface area (Å²) in [7, 11) is 7.15. The van der Waals surface area contributed by atoms with Crippen molar-refractivity contribution in [3.8, 4) is 24.3 Å². The van der Waals surface area contributed by atoms with Crippen LogP contribution in [0.25, 0.3) is 45.3 Å². The van der Waals surface area contributed by atoms with Gasteiger partial charge in [0.05, 0.1) is 42.6 Å². The van der Waals surface area contributed by atoms with Gasteiger partial charge in [0.2, 0.25) is 27.2 Å². The zero-order valence-corrected chi connectivity index (χ0v) is 81.5. The molecule has 8 aromatic rings. The first kappa shape index (κ1) is 106. The normalized spacial score (nSPS) is 12.4. The molecule has 0 bridgehead atoms. The van der Waals surface area contributed by atoms with Gasteiger partial charge in [0.25, 0.3) is 0 Å². The van der Waals surface area contributed by atoms with Gasteiger partial charge in [-0.3, -0.25) is 18.7 Å². The summed E-state index contributed by atoms with van der Waals surface area (Å²) in [6.07, 6.45) is 1.67. The summed E-state index contributed by atoms with van der Waals surface area (Å²) in [6, 6.07) is 40.3. The third-order valence-corrected chi connectivity index (χ3v) is 21.1. The SMILES string of the molecule is CCC(C)OC(=O)OCO/C(=C(/C#N)c1ccc(C(C)(C)C)cc1)c1c(C)c(C)nn1C.CCCCCOC(=O)OCO/C(=C(/C#N)c1ccc(C(C)(C)C)cc1)c1c(C)c(C)nn1C.CCCCOC(=O)OCO/C(=C(/C#N)c1ccc(C(C)(C)C)cc1)c1c(C)c(C)nn1C.Cc1nn(C)c(/C(OCOC(=O)OCC(C)C)=C(\C#N)c2ccc(C(C)(C)C)cc2)c1C. The van der Waals surface area contributed by atoms with Gasteiger partial charge in [-0.1, -0.05) is 234 Å². The molecule has 129 heavy (non-hydrogen) atoms. The van der Waals surface area contributed by atoms with Crippen LogP contribution in [0.5, 0.6) is 0 Å². The summed E-state index contributed by atoms with van der Waals surface area (Å²) >= 11 is 0. The van der Waals surface area contributed by atoms with E-state index < -0.39 is 24.6 Å². The van der Waals surface area contributed by atoms with Crippen molar-refractivity contribution in [3.05, 3.63) is 209 Å². The molecule has 0 radical (unpaired) electrons.